The van der Waals surface area contributed by atoms with Crippen LogP contribution < -0.4 is 10.6 Å². The molecule has 2 aliphatic rings. The minimum atomic E-state index is 0.297. The van der Waals surface area contributed by atoms with E-state index in [2.05, 4.69) is 33.1 Å². The van der Waals surface area contributed by atoms with E-state index >= 15 is 0 Å². The average molecular weight is 358 g/mol. The summed E-state index contributed by atoms with van der Waals surface area (Å²) >= 11 is 1.89. The van der Waals surface area contributed by atoms with Crippen LogP contribution in [0.15, 0.2) is 35.5 Å². The fourth-order valence-electron chi connectivity index (χ4n) is 3.11. The fourth-order valence-corrected chi connectivity index (χ4v) is 4.25. The molecule has 4 rings (SSSR count). The molecule has 1 aromatic carbocycles. The highest BCUT2D eigenvalue weighted by Crippen LogP contribution is 2.35. The van der Waals surface area contributed by atoms with Gasteiger partial charge in [0.25, 0.3) is 0 Å². The number of ether oxygens (including phenoxy) is 2. The number of aromatic nitrogens is 2. The van der Waals surface area contributed by atoms with Crippen LogP contribution in [0, 0.1) is 0 Å². The Morgan fingerprint density at radius 2 is 1.80 bits per heavy atom. The number of anilines is 2. The van der Waals surface area contributed by atoms with E-state index in [-0.39, 0.29) is 0 Å². The second-order valence-corrected chi connectivity index (χ2v) is 7.62. The van der Waals surface area contributed by atoms with Crippen LogP contribution in [-0.4, -0.2) is 54.7 Å². The molecule has 0 amide bonds. The molecule has 7 heteroatoms. The third kappa shape index (κ3) is 4.05. The zero-order chi connectivity index (χ0) is 17.1. The first-order valence-corrected chi connectivity index (χ1v) is 9.46. The Morgan fingerprint density at radius 1 is 1.00 bits per heavy atom. The first-order chi connectivity index (χ1) is 12.3. The monoisotopic (exact) mass is 358 g/mol. The Balaban J connectivity index is 1.67. The smallest absolute Gasteiger partial charge is 0.219 e. The number of hydrogen-bond acceptors (Lipinski definition) is 7. The summed E-state index contributed by atoms with van der Waals surface area (Å²) in [6, 6.07) is 6.69. The molecule has 1 atom stereocenters. The van der Waals surface area contributed by atoms with Gasteiger partial charge >= 0.3 is 0 Å². The lowest BCUT2D eigenvalue weighted by atomic mass is 10.1. The van der Waals surface area contributed by atoms with Crippen LogP contribution in [-0.2, 0) is 9.47 Å². The molecular formula is C18H22N4O2S. The number of hydrogen-bond donors (Lipinski definition) is 1. The van der Waals surface area contributed by atoms with E-state index in [1.165, 1.54) is 10.6 Å². The highest BCUT2D eigenvalue weighted by Gasteiger charge is 2.19. The van der Waals surface area contributed by atoms with E-state index in [4.69, 9.17) is 15.2 Å². The molecule has 0 aliphatic carbocycles. The van der Waals surface area contributed by atoms with Gasteiger partial charge in [-0.15, -0.1) is 11.8 Å². The van der Waals surface area contributed by atoms with Gasteiger partial charge in [-0.1, -0.05) is 0 Å². The second-order valence-electron chi connectivity index (χ2n) is 6.25. The molecule has 0 bridgehead atoms. The number of benzene rings is 1. The quantitative estimate of drug-likeness (QED) is 0.900. The van der Waals surface area contributed by atoms with E-state index in [1.54, 1.807) is 12.4 Å². The van der Waals surface area contributed by atoms with Crippen LogP contribution in [0.2, 0.25) is 0 Å². The SMILES string of the molecule is Nc1ncc(-c2cc(SC3CCOC3)cc(N3CCOCC3)c2)cn1. The normalized spacial score (nSPS) is 20.8. The molecule has 25 heavy (non-hydrogen) atoms. The molecule has 1 aromatic heterocycles. The van der Waals surface area contributed by atoms with Crippen molar-refractivity contribution in [3.05, 3.63) is 30.6 Å². The maximum Gasteiger partial charge on any atom is 0.219 e. The number of nitrogen functional groups attached to an aromatic ring is 1. The molecule has 2 N–H and O–H groups in total. The number of rotatable bonds is 4. The van der Waals surface area contributed by atoms with Crippen molar-refractivity contribution in [3.8, 4) is 11.1 Å². The van der Waals surface area contributed by atoms with Crippen molar-refractivity contribution in [2.24, 2.45) is 0 Å². The van der Waals surface area contributed by atoms with E-state index in [9.17, 15) is 0 Å². The second kappa shape index (κ2) is 7.59. The number of thioether (sulfide) groups is 1. The summed E-state index contributed by atoms with van der Waals surface area (Å²) in [5.41, 5.74) is 8.95. The average Bonchev–Trinajstić information content (AvgIpc) is 3.16. The van der Waals surface area contributed by atoms with Crippen molar-refractivity contribution >= 4 is 23.4 Å². The molecule has 2 aromatic rings. The van der Waals surface area contributed by atoms with Crippen LogP contribution in [0.4, 0.5) is 11.6 Å². The van der Waals surface area contributed by atoms with Gasteiger partial charge in [0.05, 0.1) is 19.8 Å². The number of nitrogens with two attached hydrogens (primary N) is 1. The molecule has 0 spiro atoms. The van der Waals surface area contributed by atoms with Crippen molar-refractivity contribution in [1.82, 2.24) is 9.97 Å². The van der Waals surface area contributed by atoms with E-state index in [1.807, 2.05) is 11.8 Å². The fraction of sp³-hybridized carbons (Fsp3) is 0.444. The maximum absolute atomic E-state index is 5.63. The first kappa shape index (κ1) is 16.6. The highest BCUT2D eigenvalue weighted by atomic mass is 32.2. The van der Waals surface area contributed by atoms with Gasteiger partial charge in [0.2, 0.25) is 5.95 Å². The third-order valence-corrected chi connectivity index (χ3v) is 5.68. The van der Waals surface area contributed by atoms with Gasteiger partial charge in [-0.25, -0.2) is 9.97 Å². The number of morpholine rings is 1. The lowest BCUT2D eigenvalue weighted by Crippen LogP contribution is -2.36. The van der Waals surface area contributed by atoms with Crippen LogP contribution in [0.5, 0.6) is 0 Å². The Hall–Kier alpha value is -1.83. The lowest BCUT2D eigenvalue weighted by molar-refractivity contribution is 0.122. The van der Waals surface area contributed by atoms with Gasteiger partial charge in [-0.2, -0.15) is 0 Å². The molecule has 132 valence electrons. The molecule has 1 unspecified atom stereocenters. The van der Waals surface area contributed by atoms with Crippen molar-refractivity contribution in [2.45, 2.75) is 16.6 Å². The molecular weight excluding hydrogens is 336 g/mol. The largest absolute Gasteiger partial charge is 0.380 e. The summed E-state index contributed by atoms with van der Waals surface area (Å²) in [7, 11) is 0. The summed E-state index contributed by atoms with van der Waals surface area (Å²) in [4.78, 5) is 11.9. The molecule has 6 nitrogen and oxygen atoms in total. The Morgan fingerprint density at radius 3 is 2.52 bits per heavy atom. The summed E-state index contributed by atoms with van der Waals surface area (Å²) in [6.07, 6.45) is 4.68. The van der Waals surface area contributed by atoms with Crippen molar-refractivity contribution in [2.75, 3.05) is 50.2 Å². The van der Waals surface area contributed by atoms with E-state index in [0.717, 1.165) is 57.1 Å². The van der Waals surface area contributed by atoms with Crippen molar-refractivity contribution in [3.63, 3.8) is 0 Å². The molecule has 3 heterocycles. The lowest BCUT2D eigenvalue weighted by Gasteiger charge is -2.29. The summed E-state index contributed by atoms with van der Waals surface area (Å²) in [6.45, 7) is 5.06. The standard InChI is InChI=1S/C18H22N4O2S/c19-18-20-10-14(11-21-18)13-7-15(22-2-5-23-6-3-22)9-17(8-13)25-16-1-4-24-12-16/h7-11,16H,1-6,12H2,(H2,19,20,21). The van der Waals surface area contributed by atoms with Crippen molar-refractivity contribution < 1.29 is 9.47 Å². The minimum absolute atomic E-state index is 0.297. The Labute approximate surface area is 151 Å². The van der Waals surface area contributed by atoms with Gasteiger partial charge < -0.3 is 20.1 Å². The predicted octanol–water partition coefficient (Wildman–Crippen LogP) is 2.44. The predicted molar refractivity (Wildman–Crippen MR) is 100.0 cm³/mol. The van der Waals surface area contributed by atoms with Gasteiger partial charge in [0.1, 0.15) is 0 Å². The molecule has 2 saturated heterocycles. The Kier molecular flexibility index (Phi) is 5.05. The zero-order valence-corrected chi connectivity index (χ0v) is 14.9. The minimum Gasteiger partial charge on any atom is -0.380 e. The summed E-state index contributed by atoms with van der Waals surface area (Å²) in [5.74, 6) is 0.297. The van der Waals surface area contributed by atoms with Crippen LogP contribution in [0.1, 0.15) is 6.42 Å². The van der Waals surface area contributed by atoms with Gasteiger partial charge in [0.15, 0.2) is 0 Å². The topological polar surface area (TPSA) is 73.5 Å². The maximum atomic E-state index is 5.63. The first-order valence-electron chi connectivity index (χ1n) is 8.58. The molecule has 0 radical (unpaired) electrons. The summed E-state index contributed by atoms with van der Waals surface area (Å²) in [5, 5.41) is 0.524. The molecule has 2 aliphatic heterocycles. The zero-order valence-electron chi connectivity index (χ0n) is 14.1. The van der Waals surface area contributed by atoms with E-state index in [0.29, 0.717) is 11.2 Å². The van der Waals surface area contributed by atoms with Crippen molar-refractivity contribution in [1.29, 1.82) is 0 Å². The van der Waals surface area contributed by atoms with Crippen LogP contribution in [0.3, 0.4) is 0 Å². The van der Waals surface area contributed by atoms with Gasteiger partial charge in [-0.05, 0) is 30.2 Å². The highest BCUT2D eigenvalue weighted by molar-refractivity contribution is 8.00. The van der Waals surface area contributed by atoms with Crippen LogP contribution >= 0.6 is 11.8 Å². The Bertz CT molecular complexity index is 714. The van der Waals surface area contributed by atoms with E-state index < -0.39 is 0 Å². The van der Waals surface area contributed by atoms with Gasteiger partial charge in [-0.3, -0.25) is 0 Å². The number of nitrogens with zero attached hydrogens (tertiary/aromatic N) is 3. The molecule has 2 fully saturated rings. The van der Waals surface area contributed by atoms with Gasteiger partial charge in [0, 0.05) is 53.5 Å². The third-order valence-electron chi connectivity index (χ3n) is 4.46. The van der Waals surface area contributed by atoms with Crippen LogP contribution in [0.25, 0.3) is 11.1 Å². The molecule has 0 saturated carbocycles. The summed E-state index contributed by atoms with van der Waals surface area (Å²) < 4.78 is 11.0.